The van der Waals surface area contributed by atoms with Crippen LogP contribution in [0.15, 0.2) is 17.3 Å². The molecule has 0 bridgehead atoms. The Hall–Kier alpha value is -0.960. The number of hydrogen-bond donors (Lipinski definition) is 3. The number of methoxy groups -OCH3 is 1. The fraction of sp³-hybridized carbons (Fsp3) is 0.625. The summed E-state index contributed by atoms with van der Waals surface area (Å²) < 4.78 is 30.1. The summed E-state index contributed by atoms with van der Waals surface area (Å²) in [6.07, 6.45) is 0.977. The molecule has 0 aliphatic carbocycles. The molecule has 7 nitrogen and oxygen atoms in total. The van der Waals surface area contributed by atoms with Gasteiger partial charge in [0.15, 0.2) is 5.03 Å². The first-order valence-corrected chi connectivity index (χ1v) is 6.20. The minimum absolute atomic E-state index is 0.00808. The standard InChI is InChI=1S/C8H15N3O4S/c1-15-6-7(12)2-5-10-16(13,14)8-3-4-9-11-8/h3-4,7,10,12H,2,5-6H2,1H3,(H,9,11). The van der Waals surface area contributed by atoms with Gasteiger partial charge in [0.25, 0.3) is 10.0 Å². The van der Waals surface area contributed by atoms with Crippen molar-refractivity contribution in [2.75, 3.05) is 20.3 Å². The molecular weight excluding hydrogens is 234 g/mol. The Morgan fingerprint density at radius 3 is 3.00 bits per heavy atom. The molecule has 0 aliphatic rings. The lowest BCUT2D eigenvalue weighted by atomic mass is 10.3. The van der Waals surface area contributed by atoms with Crippen LogP contribution in [0.5, 0.6) is 0 Å². The molecule has 92 valence electrons. The van der Waals surface area contributed by atoms with Crippen molar-refractivity contribution in [3.63, 3.8) is 0 Å². The van der Waals surface area contributed by atoms with Crippen molar-refractivity contribution < 1.29 is 18.3 Å². The highest BCUT2D eigenvalue weighted by Gasteiger charge is 2.15. The average molecular weight is 249 g/mol. The summed E-state index contributed by atoms with van der Waals surface area (Å²) in [5.74, 6) is 0. The number of aliphatic hydroxyl groups excluding tert-OH is 1. The Kier molecular flexibility index (Phi) is 4.87. The van der Waals surface area contributed by atoms with Gasteiger partial charge < -0.3 is 9.84 Å². The first-order valence-electron chi connectivity index (χ1n) is 4.72. The quantitative estimate of drug-likeness (QED) is 0.580. The summed E-state index contributed by atoms with van der Waals surface area (Å²) in [5.41, 5.74) is 0. The Labute approximate surface area is 93.9 Å². The predicted octanol–water partition coefficient (Wildman–Crippen LogP) is -0.915. The second-order valence-electron chi connectivity index (χ2n) is 3.22. The molecule has 1 rings (SSSR count). The summed E-state index contributed by atoms with van der Waals surface area (Å²) in [4.78, 5) is 0. The molecule has 0 fully saturated rings. The SMILES string of the molecule is COCC(O)CCNS(=O)(=O)c1ccn[nH]1. The smallest absolute Gasteiger partial charge is 0.257 e. The molecular formula is C8H15N3O4S. The van der Waals surface area contributed by atoms with E-state index >= 15 is 0 Å². The van der Waals surface area contributed by atoms with E-state index in [1.54, 1.807) is 0 Å². The highest BCUT2D eigenvalue weighted by atomic mass is 32.2. The van der Waals surface area contributed by atoms with Crippen molar-refractivity contribution in [3.05, 3.63) is 12.3 Å². The number of ether oxygens (including phenoxy) is 1. The molecule has 1 aromatic rings. The van der Waals surface area contributed by atoms with Gasteiger partial charge in [0.1, 0.15) is 0 Å². The number of H-pyrrole nitrogens is 1. The van der Waals surface area contributed by atoms with Crippen molar-refractivity contribution >= 4 is 10.0 Å². The van der Waals surface area contributed by atoms with Gasteiger partial charge in [-0.3, -0.25) is 5.10 Å². The number of hydrogen-bond acceptors (Lipinski definition) is 5. The Morgan fingerprint density at radius 1 is 1.69 bits per heavy atom. The lowest BCUT2D eigenvalue weighted by Gasteiger charge is -2.09. The van der Waals surface area contributed by atoms with Crippen LogP contribution < -0.4 is 4.72 Å². The van der Waals surface area contributed by atoms with E-state index in [1.165, 1.54) is 19.4 Å². The number of aromatic nitrogens is 2. The molecule has 0 saturated heterocycles. The van der Waals surface area contributed by atoms with Crippen LogP contribution in [-0.4, -0.2) is 50.1 Å². The van der Waals surface area contributed by atoms with E-state index in [2.05, 4.69) is 14.9 Å². The second kappa shape index (κ2) is 5.94. The largest absolute Gasteiger partial charge is 0.391 e. The summed E-state index contributed by atoms with van der Waals surface area (Å²) in [6, 6.07) is 1.36. The molecule has 0 aliphatic heterocycles. The van der Waals surface area contributed by atoms with Crippen LogP contribution >= 0.6 is 0 Å². The molecule has 0 radical (unpaired) electrons. The van der Waals surface area contributed by atoms with Gasteiger partial charge in [-0.15, -0.1) is 0 Å². The zero-order valence-corrected chi connectivity index (χ0v) is 9.70. The van der Waals surface area contributed by atoms with Crippen LogP contribution in [-0.2, 0) is 14.8 Å². The fourth-order valence-corrected chi connectivity index (χ4v) is 2.06. The Morgan fingerprint density at radius 2 is 2.44 bits per heavy atom. The maximum Gasteiger partial charge on any atom is 0.257 e. The lowest BCUT2D eigenvalue weighted by Crippen LogP contribution is -2.28. The third kappa shape index (κ3) is 3.89. The minimum Gasteiger partial charge on any atom is -0.391 e. The van der Waals surface area contributed by atoms with E-state index in [0.29, 0.717) is 6.42 Å². The zero-order valence-electron chi connectivity index (χ0n) is 8.88. The summed E-state index contributed by atoms with van der Waals surface area (Å²) in [7, 11) is -2.08. The molecule has 8 heteroatoms. The zero-order chi connectivity index (χ0) is 12.0. The summed E-state index contributed by atoms with van der Waals surface area (Å²) in [5, 5.41) is 15.2. The Balaban J connectivity index is 2.38. The summed E-state index contributed by atoms with van der Waals surface area (Å²) >= 11 is 0. The van der Waals surface area contributed by atoms with Crippen LogP contribution in [0.3, 0.4) is 0 Å². The van der Waals surface area contributed by atoms with Gasteiger partial charge in [0.05, 0.1) is 18.9 Å². The number of aliphatic hydroxyl groups is 1. The minimum atomic E-state index is -3.55. The van der Waals surface area contributed by atoms with Crippen LogP contribution in [0.25, 0.3) is 0 Å². The summed E-state index contributed by atoms with van der Waals surface area (Å²) in [6.45, 7) is 0.331. The van der Waals surface area contributed by atoms with Crippen LogP contribution in [0.4, 0.5) is 0 Å². The lowest BCUT2D eigenvalue weighted by molar-refractivity contribution is 0.0603. The predicted molar refractivity (Wildman–Crippen MR) is 56.3 cm³/mol. The van der Waals surface area contributed by atoms with E-state index in [-0.39, 0.29) is 18.2 Å². The molecule has 1 atom stereocenters. The van der Waals surface area contributed by atoms with E-state index in [9.17, 15) is 13.5 Å². The number of nitrogens with one attached hydrogen (secondary N) is 2. The molecule has 0 saturated carbocycles. The van der Waals surface area contributed by atoms with Crippen molar-refractivity contribution in [1.82, 2.24) is 14.9 Å². The molecule has 1 heterocycles. The van der Waals surface area contributed by atoms with E-state index in [0.717, 1.165) is 0 Å². The molecule has 3 N–H and O–H groups in total. The van der Waals surface area contributed by atoms with Gasteiger partial charge in [-0.05, 0) is 12.5 Å². The molecule has 1 unspecified atom stereocenters. The number of rotatable bonds is 7. The third-order valence-electron chi connectivity index (χ3n) is 1.89. The normalized spacial score (nSPS) is 13.9. The van der Waals surface area contributed by atoms with E-state index in [4.69, 9.17) is 4.74 Å². The van der Waals surface area contributed by atoms with Gasteiger partial charge in [0, 0.05) is 13.7 Å². The van der Waals surface area contributed by atoms with E-state index in [1.807, 2.05) is 0 Å². The molecule has 0 spiro atoms. The highest BCUT2D eigenvalue weighted by Crippen LogP contribution is 2.02. The monoisotopic (exact) mass is 249 g/mol. The van der Waals surface area contributed by atoms with Crippen molar-refractivity contribution in [1.29, 1.82) is 0 Å². The van der Waals surface area contributed by atoms with Gasteiger partial charge in [0.2, 0.25) is 0 Å². The van der Waals surface area contributed by atoms with Gasteiger partial charge in [-0.2, -0.15) is 5.10 Å². The van der Waals surface area contributed by atoms with Gasteiger partial charge in [-0.1, -0.05) is 0 Å². The maximum atomic E-state index is 11.5. The molecule has 0 amide bonds. The number of sulfonamides is 1. The van der Waals surface area contributed by atoms with E-state index < -0.39 is 16.1 Å². The molecule has 1 aromatic heterocycles. The molecule has 16 heavy (non-hydrogen) atoms. The van der Waals surface area contributed by atoms with Crippen molar-refractivity contribution in [2.45, 2.75) is 17.6 Å². The number of nitrogens with zero attached hydrogens (tertiary/aromatic N) is 1. The number of aromatic amines is 1. The van der Waals surface area contributed by atoms with Crippen LogP contribution in [0.1, 0.15) is 6.42 Å². The molecule has 0 aromatic carbocycles. The topological polar surface area (TPSA) is 104 Å². The average Bonchev–Trinajstić information content (AvgIpc) is 2.71. The van der Waals surface area contributed by atoms with Gasteiger partial charge >= 0.3 is 0 Å². The van der Waals surface area contributed by atoms with Crippen LogP contribution in [0.2, 0.25) is 0 Å². The second-order valence-corrected chi connectivity index (χ2v) is 4.95. The first-order chi connectivity index (χ1) is 7.56. The highest BCUT2D eigenvalue weighted by molar-refractivity contribution is 7.89. The fourth-order valence-electron chi connectivity index (χ4n) is 1.11. The van der Waals surface area contributed by atoms with Crippen molar-refractivity contribution in [3.8, 4) is 0 Å². The third-order valence-corrected chi connectivity index (χ3v) is 3.28. The van der Waals surface area contributed by atoms with Crippen molar-refractivity contribution in [2.24, 2.45) is 0 Å². The van der Waals surface area contributed by atoms with Gasteiger partial charge in [-0.25, -0.2) is 13.1 Å². The first kappa shape index (κ1) is 13.1. The maximum absolute atomic E-state index is 11.5. The Bertz CT molecular complexity index is 389. The van der Waals surface area contributed by atoms with Crippen LogP contribution in [0, 0.1) is 0 Å².